The molecule has 1 heterocycles. The molecule has 0 bridgehead atoms. The van der Waals surface area contributed by atoms with Crippen LogP contribution in [0.15, 0.2) is 72.8 Å². The molecule has 0 spiro atoms. The highest BCUT2D eigenvalue weighted by Gasteiger charge is 2.10. The minimum atomic E-state index is 0.511. The van der Waals surface area contributed by atoms with E-state index in [2.05, 4.69) is 45.5 Å². The molecule has 0 saturated heterocycles. The van der Waals surface area contributed by atoms with Gasteiger partial charge in [-0.25, -0.2) is 0 Å². The number of hydrogen-bond donors (Lipinski definition) is 1. The number of ether oxygens (including phenoxy) is 1. The highest BCUT2D eigenvalue weighted by molar-refractivity contribution is 6.35. The monoisotopic (exact) mass is 453 g/mol. The average molecular weight is 454 g/mol. The molecule has 160 valence electrons. The molecule has 0 radical (unpaired) electrons. The lowest BCUT2D eigenvalue weighted by Crippen LogP contribution is -2.25. The van der Waals surface area contributed by atoms with Gasteiger partial charge in [0.25, 0.3) is 0 Å². The second-order valence-electron chi connectivity index (χ2n) is 7.48. The predicted octanol–water partition coefficient (Wildman–Crippen LogP) is 6.33. The summed E-state index contributed by atoms with van der Waals surface area (Å²) in [7, 11) is 0. The van der Waals surface area contributed by atoms with Crippen molar-refractivity contribution in [3.8, 4) is 5.75 Å². The summed E-state index contributed by atoms with van der Waals surface area (Å²) in [5, 5.41) is 9.86. The first kappa shape index (κ1) is 21.5. The first-order valence-electron chi connectivity index (χ1n) is 10.5. The minimum Gasteiger partial charge on any atom is -0.492 e. The molecule has 0 aliphatic carbocycles. The number of para-hydroxylation sites is 2. The summed E-state index contributed by atoms with van der Waals surface area (Å²) in [6.45, 7) is 2.04. The number of rotatable bonds is 9. The third kappa shape index (κ3) is 5.15. The van der Waals surface area contributed by atoms with E-state index in [0.717, 1.165) is 36.8 Å². The highest BCUT2D eigenvalue weighted by atomic mass is 35.5. The standard InChI is InChI=1S/C25H25Cl2N3O/c26-20-13-14-24(21(27)18-20)31-17-7-16-30-23-12-5-4-11-22(23)29(25(30)28)15-6-10-19-8-2-1-3-9-19/h1-5,8-9,11-14,18,28H,6-7,10,15-17H2. The predicted molar refractivity (Wildman–Crippen MR) is 127 cm³/mol. The normalized spacial score (nSPS) is 11.2. The van der Waals surface area contributed by atoms with Crippen LogP contribution in [0.5, 0.6) is 5.75 Å². The first-order chi connectivity index (χ1) is 15.1. The van der Waals surface area contributed by atoms with Gasteiger partial charge in [-0.15, -0.1) is 0 Å². The summed E-state index contributed by atoms with van der Waals surface area (Å²) in [6, 6.07) is 24.0. The van der Waals surface area contributed by atoms with Crippen LogP contribution in [0.4, 0.5) is 0 Å². The Bertz CT molecular complexity index is 1210. The fourth-order valence-corrected chi connectivity index (χ4v) is 4.29. The van der Waals surface area contributed by atoms with Gasteiger partial charge in [0, 0.05) is 18.1 Å². The van der Waals surface area contributed by atoms with E-state index in [1.54, 1.807) is 18.2 Å². The Balaban J connectivity index is 1.42. The van der Waals surface area contributed by atoms with E-state index in [1.807, 2.05) is 18.2 Å². The Morgan fingerprint density at radius 1 is 0.774 bits per heavy atom. The van der Waals surface area contributed by atoms with Crippen molar-refractivity contribution in [2.45, 2.75) is 32.4 Å². The summed E-state index contributed by atoms with van der Waals surface area (Å²) in [5.41, 5.74) is 4.04. The fourth-order valence-electron chi connectivity index (χ4n) is 3.83. The molecular formula is C25H25Cl2N3O. The highest BCUT2D eigenvalue weighted by Crippen LogP contribution is 2.27. The molecule has 0 amide bonds. The number of nitrogens with one attached hydrogen (secondary N) is 1. The Kier molecular flexibility index (Phi) is 7.00. The van der Waals surface area contributed by atoms with Crippen LogP contribution in [0, 0.1) is 5.41 Å². The Labute approximate surface area is 192 Å². The van der Waals surface area contributed by atoms with E-state index < -0.39 is 0 Å². The molecule has 0 atom stereocenters. The van der Waals surface area contributed by atoms with Crippen LogP contribution in [0.2, 0.25) is 10.0 Å². The van der Waals surface area contributed by atoms with Gasteiger partial charge in [0.15, 0.2) is 0 Å². The maximum absolute atomic E-state index is 8.76. The molecule has 4 aromatic rings. The minimum absolute atomic E-state index is 0.511. The number of benzene rings is 3. The quantitative estimate of drug-likeness (QED) is 0.295. The molecule has 0 aliphatic heterocycles. The van der Waals surface area contributed by atoms with Crippen molar-refractivity contribution < 1.29 is 4.74 Å². The van der Waals surface area contributed by atoms with Gasteiger partial charge in [-0.1, -0.05) is 65.7 Å². The third-order valence-electron chi connectivity index (χ3n) is 5.34. The van der Waals surface area contributed by atoms with Crippen molar-refractivity contribution in [3.05, 3.63) is 94.0 Å². The van der Waals surface area contributed by atoms with Crippen LogP contribution in [0.1, 0.15) is 18.4 Å². The smallest absolute Gasteiger partial charge is 0.202 e. The van der Waals surface area contributed by atoms with Gasteiger partial charge in [-0.3, -0.25) is 5.41 Å². The molecular weight excluding hydrogens is 429 g/mol. The number of imidazole rings is 1. The third-order valence-corrected chi connectivity index (χ3v) is 5.87. The molecule has 1 aromatic heterocycles. The van der Waals surface area contributed by atoms with Crippen molar-refractivity contribution in [2.24, 2.45) is 0 Å². The number of aromatic nitrogens is 2. The molecule has 3 aromatic carbocycles. The summed E-state index contributed by atoms with van der Waals surface area (Å²) < 4.78 is 9.98. The van der Waals surface area contributed by atoms with Gasteiger partial charge in [0.1, 0.15) is 5.75 Å². The first-order valence-corrected chi connectivity index (χ1v) is 11.2. The maximum Gasteiger partial charge on any atom is 0.202 e. The summed E-state index contributed by atoms with van der Waals surface area (Å²) in [5.74, 6) is 0.630. The maximum atomic E-state index is 8.76. The van der Waals surface area contributed by atoms with E-state index in [9.17, 15) is 0 Å². The number of nitrogens with zero attached hydrogens (tertiary/aromatic N) is 2. The molecule has 4 rings (SSSR count). The van der Waals surface area contributed by atoms with Gasteiger partial charge in [0.05, 0.1) is 22.7 Å². The molecule has 0 aliphatic rings. The van der Waals surface area contributed by atoms with E-state index in [1.165, 1.54) is 5.56 Å². The van der Waals surface area contributed by atoms with Crippen LogP contribution in [0.25, 0.3) is 11.0 Å². The lowest BCUT2D eigenvalue weighted by molar-refractivity contribution is 0.301. The zero-order valence-electron chi connectivity index (χ0n) is 17.2. The number of aryl methyl sites for hydroxylation is 3. The molecule has 0 fully saturated rings. The van der Waals surface area contributed by atoms with Gasteiger partial charge >= 0.3 is 0 Å². The summed E-state index contributed by atoms with van der Waals surface area (Å²) >= 11 is 12.1. The lowest BCUT2D eigenvalue weighted by Gasteiger charge is -2.09. The van der Waals surface area contributed by atoms with Crippen molar-refractivity contribution in [2.75, 3.05) is 6.61 Å². The van der Waals surface area contributed by atoms with E-state index in [4.69, 9.17) is 33.3 Å². The number of fused-ring (bicyclic) bond motifs is 1. The Hall–Kier alpha value is -2.69. The van der Waals surface area contributed by atoms with Gasteiger partial charge in [0.2, 0.25) is 5.62 Å². The van der Waals surface area contributed by atoms with E-state index in [-0.39, 0.29) is 0 Å². The molecule has 4 nitrogen and oxygen atoms in total. The van der Waals surface area contributed by atoms with Crippen LogP contribution in [0.3, 0.4) is 0 Å². The topological polar surface area (TPSA) is 42.9 Å². The molecule has 6 heteroatoms. The van der Waals surface area contributed by atoms with Crippen LogP contribution in [-0.2, 0) is 19.5 Å². The van der Waals surface area contributed by atoms with Crippen LogP contribution < -0.4 is 10.4 Å². The number of hydrogen-bond acceptors (Lipinski definition) is 2. The van der Waals surface area contributed by atoms with Crippen molar-refractivity contribution in [1.29, 1.82) is 5.41 Å². The molecule has 31 heavy (non-hydrogen) atoms. The Morgan fingerprint density at radius 3 is 2.10 bits per heavy atom. The summed E-state index contributed by atoms with van der Waals surface area (Å²) in [6.07, 6.45) is 2.77. The molecule has 0 saturated carbocycles. The van der Waals surface area contributed by atoms with Gasteiger partial charge in [-0.05, 0) is 55.2 Å². The Morgan fingerprint density at radius 2 is 1.42 bits per heavy atom. The zero-order chi connectivity index (χ0) is 21.6. The lowest BCUT2D eigenvalue weighted by atomic mass is 10.1. The van der Waals surface area contributed by atoms with Crippen molar-refractivity contribution in [1.82, 2.24) is 9.13 Å². The van der Waals surface area contributed by atoms with Crippen LogP contribution >= 0.6 is 23.2 Å². The average Bonchev–Trinajstić information content (AvgIpc) is 3.04. The number of halogens is 2. The fraction of sp³-hybridized carbons (Fsp3) is 0.240. The van der Waals surface area contributed by atoms with Gasteiger partial charge < -0.3 is 13.9 Å². The second kappa shape index (κ2) is 10.1. The van der Waals surface area contributed by atoms with Crippen molar-refractivity contribution >= 4 is 34.2 Å². The van der Waals surface area contributed by atoms with E-state index in [0.29, 0.717) is 34.6 Å². The zero-order valence-corrected chi connectivity index (χ0v) is 18.7. The van der Waals surface area contributed by atoms with E-state index >= 15 is 0 Å². The summed E-state index contributed by atoms with van der Waals surface area (Å²) in [4.78, 5) is 0. The van der Waals surface area contributed by atoms with Crippen LogP contribution in [-0.4, -0.2) is 15.7 Å². The SMILES string of the molecule is N=c1n(CCCOc2ccc(Cl)cc2Cl)c2ccccc2n1CCCc1ccccc1. The van der Waals surface area contributed by atoms with Crippen molar-refractivity contribution in [3.63, 3.8) is 0 Å². The second-order valence-corrected chi connectivity index (χ2v) is 8.33. The molecule has 0 unspecified atom stereocenters. The molecule has 1 N–H and O–H groups in total. The van der Waals surface area contributed by atoms with Gasteiger partial charge in [-0.2, -0.15) is 0 Å². The largest absolute Gasteiger partial charge is 0.492 e.